The van der Waals surface area contributed by atoms with Gasteiger partial charge in [0.15, 0.2) is 0 Å². The number of aliphatic hydroxyl groups excluding tert-OH is 1. The van der Waals surface area contributed by atoms with Crippen molar-refractivity contribution in [3.05, 3.63) is 29.6 Å². The van der Waals surface area contributed by atoms with Gasteiger partial charge in [-0.05, 0) is 49.4 Å². The molecule has 1 aliphatic rings. The molecule has 0 saturated heterocycles. The molecule has 3 nitrogen and oxygen atoms in total. The van der Waals surface area contributed by atoms with Crippen molar-refractivity contribution in [2.24, 2.45) is 5.92 Å². The summed E-state index contributed by atoms with van der Waals surface area (Å²) in [7, 11) is 0. The lowest BCUT2D eigenvalue weighted by atomic mass is 10.1. The highest BCUT2D eigenvalue weighted by Crippen LogP contribution is 2.24. The molecule has 0 radical (unpaired) electrons. The van der Waals surface area contributed by atoms with E-state index in [2.05, 4.69) is 5.32 Å². The maximum Gasteiger partial charge on any atom is 0.127 e. The van der Waals surface area contributed by atoms with Gasteiger partial charge in [0.25, 0.3) is 0 Å². The van der Waals surface area contributed by atoms with Gasteiger partial charge in [-0.3, -0.25) is 0 Å². The molecule has 0 amide bonds. The zero-order valence-corrected chi connectivity index (χ0v) is 9.69. The molecule has 1 saturated carbocycles. The molecule has 2 rings (SSSR count). The Bertz CT molecular complexity index is 363. The number of nitrogens with one attached hydrogen (secondary N) is 1. The van der Waals surface area contributed by atoms with E-state index in [0.717, 1.165) is 37.4 Å². The highest BCUT2D eigenvalue weighted by Gasteiger charge is 2.21. The lowest BCUT2D eigenvalue weighted by Crippen LogP contribution is -2.21. The fraction of sp³-hybridized carbons (Fsp3) is 0.538. The number of phenols is 1. The predicted molar refractivity (Wildman–Crippen MR) is 63.1 cm³/mol. The van der Waals surface area contributed by atoms with Gasteiger partial charge in [0.2, 0.25) is 0 Å². The van der Waals surface area contributed by atoms with Crippen LogP contribution in [0.2, 0.25) is 0 Å². The van der Waals surface area contributed by atoms with Crippen LogP contribution >= 0.6 is 0 Å². The third-order valence-corrected chi connectivity index (χ3v) is 3.22. The molecular weight excluding hydrogens is 221 g/mol. The Morgan fingerprint density at radius 1 is 1.29 bits per heavy atom. The molecule has 17 heavy (non-hydrogen) atoms. The minimum atomic E-state index is -0.418. The van der Waals surface area contributed by atoms with E-state index in [1.54, 1.807) is 6.07 Å². The Morgan fingerprint density at radius 3 is 2.76 bits per heavy atom. The van der Waals surface area contributed by atoms with Crippen LogP contribution in [0.5, 0.6) is 5.75 Å². The average Bonchev–Trinajstić information content (AvgIpc) is 2.63. The molecule has 1 aliphatic carbocycles. The van der Waals surface area contributed by atoms with Crippen molar-refractivity contribution in [2.45, 2.75) is 31.9 Å². The summed E-state index contributed by atoms with van der Waals surface area (Å²) in [6, 6.07) is 4.06. The summed E-state index contributed by atoms with van der Waals surface area (Å²) in [4.78, 5) is 0. The lowest BCUT2D eigenvalue weighted by Gasteiger charge is -2.11. The topological polar surface area (TPSA) is 52.5 Å². The van der Waals surface area contributed by atoms with Crippen LogP contribution in [0.15, 0.2) is 18.2 Å². The predicted octanol–water partition coefficient (Wildman–Crippen LogP) is 1.78. The summed E-state index contributed by atoms with van der Waals surface area (Å²) >= 11 is 0. The molecule has 0 bridgehead atoms. The van der Waals surface area contributed by atoms with Gasteiger partial charge in [-0.15, -0.1) is 0 Å². The van der Waals surface area contributed by atoms with Crippen molar-refractivity contribution in [2.75, 3.05) is 6.54 Å². The molecule has 0 aliphatic heterocycles. The van der Waals surface area contributed by atoms with E-state index in [4.69, 9.17) is 0 Å². The lowest BCUT2D eigenvalue weighted by molar-refractivity contribution is 0.177. The van der Waals surface area contributed by atoms with Crippen LogP contribution in [0.3, 0.4) is 0 Å². The first-order chi connectivity index (χ1) is 8.13. The highest BCUT2D eigenvalue weighted by molar-refractivity contribution is 5.28. The summed E-state index contributed by atoms with van der Waals surface area (Å²) < 4.78 is 13.0. The van der Waals surface area contributed by atoms with E-state index in [1.165, 1.54) is 6.07 Å². The number of benzene rings is 1. The van der Waals surface area contributed by atoms with Crippen LogP contribution in [0.1, 0.15) is 24.8 Å². The average molecular weight is 239 g/mol. The standard InChI is InChI=1S/C13H18FNO2/c14-11-3-10(5-13(17)6-11)8-15-7-9-1-2-12(16)4-9/h3,5-6,9,12,15-17H,1-2,4,7-8H2. The van der Waals surface area contributed by atoms with E-state index < -0.39 is 5.82 Å². The second kappa shape index (κ2) is 5.47. The summed E-state index contributed by atoms with van der Waals surface area (Å²) in [6.07, 6.45) is 2.62. The number of hydrogen-bond acceptors (Lipinski definition) is 3. The molecule has 0 aromatic heterocycles. The maximum absolute atomic E-state index is 13.0. The van der Waals surface area contributed by atoms with Crippen molar-refractivity contribution >= 4 is 0 Å². The van der Waals surface area contributed by atoms with Crippen LogP contribution in [0, 0.1) is 11.7 Å². The van der Waals surface area contributed by atoms with Crippen LogP contribution in [0.25, 0.3) is 0 Å². The van der Waals surface area contributed by atoms with Gasteiger partial charge in [-0.2, -0.15) is 0 Å². The fourth-order valence-corrected chi connectivity index (χ4v) is 2.39. The number of rotatable bonds is 4. The Hall–Kier alpha value is -1.13. The van der Waals surface area contributed by atoms with Gasteiger partial charge in [0, 0.05) is 12.6 Å². The van der Waals surface area contributed by atoms with Crippen LogP contribution < -0.4 is 5.32 Å². The SMILES string of the molecule is Oc1cc(F)cc(CNCC2CCC(O)C2)c1. The third-order valence-electron chi connectivity index (χ3n) is 3.22. The molecule has 0 heterocycles. The van der Waals surface area contributed by atoms with E-state index in [9.17, 15) is 14.6 Å². The molecule has 1 aromatic rings. The molecule has 1 aromatic carbocycles. The highest BCUT2D eigenvalue weighted by atomic mass is 19.1. The first-order valence-corrected chi connectivity index (χ1v) is 6.00. The second-order valence-corrected chi connectivity index (χ2v) is 4.78. The van der Waals surface area contributed by atoms with Crippen molar-refractivity contribution in [1.29, 1.82) is 0 Å². The number of hydrogen-bond donors (Lipinski definition) is 3. The molecule has 2 atom stereocenters. The molecular formula is C13H18FNO2. The quantitative estimate of drug-likeness (QED) is 0.750. The zero-order valence-electron chi connectivity index (χ0n) is 9.69. The normalized spacial score (nSPS) is 24.1. The van der Waals surface area contributed by atoms with Crippen LogP contribution in [-0.4, -0.2) is 22.9 Å². The Labute approximate surface area is 100 Å². The van der Waals surface area contributed by atoms with E-state index >= 15 is 0 Å². The first-order valence-electron chi connectivity index (χ1n) is 6.00. The van der Waals surface area contributed by atoms with E-state index in [1.807, 2.05) is 0 Å². The monoisotopic (exact) mass is 239 g/mol. The Kier molecular flexibility index (Phi) is 3.97. The summed E-state index contributed by atoms with van der Waals surface area (Å²) in [5.74, 6) is 0.0448. The number of halogens is 1. The smallest absolute Gasteiger partial charge is 0.127 e. The fourth-order valence-electron chi connectivity index (χ4n) is 2.39. The van der Waals surface area contributed by atoms with E-state index in [0.29, 0.717) is 12.5 Å². The van der Waals surface area contributed by atoms with Crippen molar-refractivity contribution in [3.8, 4) is 5.75 Å². The molecule has 2 unspecified atom stereocenters. The molecule has 3 N–H and O–H groups in total. The minimum absolute atomic E-state index is 0.0434. The summed E-state index contributed by atoms with van der Waals surface area (Å²) in [6.45, 7) is 1.37. The van der Waals surface area contributed by atoms with Crippen LogP contribution in [0.4, 0.5) is 4.39 Å². The first kappa shape index (κ1) is 12.3. The van der Waals surface area contributed by atoms with Crippen molar-refractivity contribution < 1.29 is 14.6 Å². The van der Waals surface area contributed by atoms with Gasteiger partial charge in [-0.25, -0.2) is 4.39 Å². The number of phenolic OH excluding ortho intramolecular Hbond substituents is 1. The Morgan fingerprint density at radius 2 is 2.12 bits per heavy atom. The van der Waals surface area contributed by atoms with Crippen molar-refractivity contribution in [3.63, 3.8) is 0 Å². The summed E-state index contributed by atoms with van der Waals surface area (Å²) in [5.41, 5.74) is 0.737. The number of aromatic hydroxyl groups is 1. The van der Waals surface area contributed by atoms with E-state index in [-0.39, 0.29) is 11.9 Å². The van der Waals surface area contributed by atoms with Gasteiger partial charge >= 0.3 is 0 Å². The van der Waals surface area contributed by atoms with Crippen LogP contribution in [-0.2, 0) is 6.54 Å². The third kappa shape index (κ3) is 3.68. The molecule has 1 fully saturated rings. The summed E-state index contributed by atoms with van der Waals surface area (Å²) in [5, 5.41) is 21.8. The van der Waals surface area contributed by atoms with Gasteiger partial charge < -0.3 is 15.5 Å². The van der Waals surface area contributed by atoms with Gasteiger partial charge in [-0.1, -0.05) is 0 Å². The minimum Gasteiger partial charge on any atom is -0.508 e. The molecule has 4 heteroatoms. The Balaban J connectivity index is 1.78. The largest absolute Gasteiger partial charge is 0.508 e. The molecule has 0 spiro atoms. The maximum atomic E-state index is 13.0. The zero-order chi connectivity index (χ0) is 12.3. The molecule has 94 valence electrons. The number of aliphatic hydroxyl groups is 1. The van der Waals surface area contributed by atoms with Gasteiger partial charge in [0.05, 0.1) is 6.10 Å². The second-order valence-electron chi connectivity index (χ2n) is 4.78. The van der Waals surface area contributed by atoms with Crippen molar-refractivity contribution in [1.82, 2.24) is 5.32 Å². The van der Waals surface area contributed by atoms with Gasteiger partial charge in [0.1, 0.15) is 11.6 Å².